The molecule has 2 rings (SSSR count). The second-order valence-corrected chi connectivity index (χ2v) is 7.04. The minimum atomic E-state index is -4.13. The molecule has 0 aromatic carbocycles. The number of likely N-dealkylation sites (tertiary alicyclic amines) is 1. The van der Waals surface area contributed by atoms with Gasteiger partial charge in [-0.2, -0.15) is 13.2 Å². The summed E-state index contributed by atoms with van der Waals surface area (Å²) in [4.78, 5) is 8.08. The molecule has 26 heavy (non-hydrogen) atoms. The Hall–Kier alpha value is -0.290. The summed E-state index contributed by atoms with van der Waals surface area (Å²) < 4.78 is 43.0. The molecular weight excluding hydrogens is 460 g/mol. The zero-order chi connectivity index (χ0) is 18.3. The number of alkyl halides is 3. The van der Waals surface area contributed by atoms with Gasteiger partial charge in [0.05, 0.1) is 6.54 Å². The molecule has 2 aliphatic heterocycles. The van der Waals surface area contributed by atoms with Gasteiger partial charge in [0.2, 0.25) is 0 Å². The molecule has 0 amide bonds. The molecule has 2 fully saturated rings. The monoisotopic (exact) mass is 492 g/mol. The summed E-state index contributed by atoms with van der Waals surface area (Å²) >= 11 is 0. The van der Waals surface area contributed by atoms with Crippen LogP contribution in [0.1, 0.15) is 32.6 Å². The number of hydrogen-bond acceptors (Lipinski definition) is 3. The van der Waals surface area contributed by atoms with E-state index >= 15 is 0 Å². The van der Waals surface area contributed by atoms with Gasteiger partial charge in [0.25, 0.3) is 0 Å². The van der Waals surface area contributed by atoms with Crippen LogP contribution in [0.5, 0.6) is 0 Å². The molecule has 9 heteroatoms. The van der Waals surface area contributed by atoms with Crippen LogP contribution in [0.2, 0.25) is 0 Å². The summed E-state index contributed by atoms with van der Waals surface area (Å²) in [6.07, 6.45) is -0.107. The van der Waals surface area contributed by atoms with Crippen molar-refractivity contribution in [2.45, 2.75) is 44.8 Å². The van der Waals surface area contributed by atoms with Crippen molar-refractivity contribution >= 4 is 29.9 Å². The number of nitrogens with zero attached hydrogens (tertiary/aromatic N) is 3. The SMILES string of the molecule is CCN=C(NC1CCN(CC(F)(F)F)C1)N(C)CCC1CCOCC1.I. The predicted octanol–water partition coefficient (Wildman–Crippen LogP) is 2.96. The summed E-state index contributed by atoms with van der Waals surface area (Å²) in [5.41, 5.74) is 0. The Morgan fingerprint density at radius 1 is 1.27 bits per heavy atom. The Morgan fingerprint density at radius 3 is 2.58 bits per heavy atom. The maximum absolute atomic E-state index is 12.5. The summed E-state index contributed by atoms with van der Waals surface area (Å²) in [7, 11) is 2.00. The maximum atomic E-state index is 12.5. The molecule has 2 heterocycles. The van der Waals surface area contributed by atoms with Gasteiger partial charge in [-0.3, -0.25) is 9.89 Å². The van der Waals surface area contributed by atoms with Crippen molar-refractivity contribution in [1.29, 1.82) is 0 Å². The number of guanidine groups is 1. The Kier molecular flexibility index (Phi) is 10.5. The zero-order valence-electron chi connectivity index (χ0n) is 15.7. The maximum Gasteiger partial charge on any atom is 0.401 e. The smallest absolute Gasteiger partial charge is 0.381 e. The first-order valence-electron chi connectivity index (χ1n) is 9.26. The third-order valence-electron chi connectivity index (χ3n) is 4.89. The molecule has 0 aliphatic carbocycles. The van der Waals surface area contributed by atoms with Crippen molar-refractivity contribution in [3.63, 3.8) is 0 Å². The minimum absolute atomic E-state index is 0. The lowest BCUT2D eigenvalue weighted by Crippen LogP contribution is -2.46. The highest BCUT2D eigenvalue weighted by Gasteiger charge is 2.34. The van der Waals surface area contributed by atoms with Crippen LogP contribution >= 0.6 is 24.0 Å². The van der Waals surface area contributed by atoms with Crippen LogP contribution in [-0.2, 0) is 4.74 Å². The number of halogens is 4. The molecule has 2 aliphatic rings. The van der Waals surface area contributed by atoms with Gasteiger partial charge < -0.3 is 15.0 Å². The molecule has 0 aromatic heterocycles. The largest absolute Gasteiger partial charge is 0.401 e. The van der Waals surface area contributed by atoms with E-state index in [2.05, 4.69) is 15.2 Å². The molecule has 5 nitrogen and oxygen atoms in total. The van der Waals surface area contributed by atoms with Crippen LogP contribution in [0.15, 0.2) is 4.99 Å². The Balaban J connectivity index is 0.00000338. The molecule has 0 spiro atoms. The van der Waals surface area contributed by atoms with Gasteiger partial charge in [-0.1, -0.05) is 0 Å². The van der Waals surface area contributed by atoms with Gasteiger partial charge in [-0.05, 0) is 38.5 Å². The van der Waals surface area contributed by atoms with Crippen molar-refractivity contribution in [1.82, 2.24) is 15.1 Å². The first-order valence-corrected chi connectivity index (χ1v) is 9.26. The molecule has 154 valence electrons. The van der Waals surface area contributed by atoms with Gasteiger partial charge in [0.1, 0.15) is 0 Å². The normalized spacial score (nSPS) is 23.0. The third kappa shape index (κ3) is 8.60. The lowest BCUT2D eigenvalue weighted by Gasteiger charge is -2.28. The highest BCUT2D eigenvalue weighted by Crippen LogP contribution is 2.21. The summed E-state index contributed by atoms with van der Waals surface area (Å²) in [6, 6.07) is 0.0261. The Morgan fingerprint density at radius 2 is 1.96 bits per heavy atom. The van der Waals surface area contributed by atoms with Gasteiger partial charge in [-0.15, -0.1) is 24.0 Å². The fourth-order valence-corrected chi connectivity index (χ4v) is 3.47. The van der Waals surface area contributed by atoms with Crippen LogP contribution in [0.25, 0.3) is 0 Å². The van der Waals surface area contributed by atoms with Crippen LogP contribution in [-0.4, -0.2) is 81.0 Å². The standard InChI is InChI=1S/C17H31F3N4O.HI/c1-3-21-16(23(2)8-4-14-6-10-25-11-7-14)22-15-5-9-24(12-15)13-17(18,19)20;/h14-15H,3-13H2,1-2H3,(H,21,22);1H. The number of hydrogen-bond donors (Lipinski definition) is 1. The number of aliphatic imine (C=N–C) groups is 1. The molecule has 0 radical (unpaired) electrons. The van der Waals surface area contributed by atoms with E-state index in [9.17, 15) is 13.2 Å². The third-order valence-corrected chi connectivity index (χ3v) is 4.89. The van der Waals surface area contributed by atoms with Gasteiger partial charge in [0.15, 0.2) is 5.96 Å². The first-order chi connectivity index (χ1) is 11.9. The Labute approximate surface area is 171 Å². The lowest BCUT2D eigenvalue weighted by atomic mass is 9.96. The van der Waals surface area contributed by atoms with E-state index < -0.39 is 12.7 Å². The molecule has 1 N–H and O–H groups in total. The van der Waals surface area contributed by atoms with E-state index in [0.717, 1.165) is 45.0 Å². The highest BCUT2D eigenvalue weighted by atomic mass is 127. The molecule has 0 aromatic rings. The highest BCUT2D eigenvalue weighted by molar-refractivity contribution is 14.0. The van der Waals surface area contributed by atoms with Crippen molar-refractivity contribution in [3.8, 4) is 0 Å². The van der Waals surface area contributed by atoms with Gasteiger partial charge in [-0.25, -0.2) is 0 Å². The van der Waals surface area contributed by atoms with E-state index in [1.807, 2.05) is 14.0 Å². The van der Waals surface area contributed by atoms with Crippen molar-refractivity contribution in [2.75, 3.05) is 53.0 Å². The van der Waals surface area contributed by atoms with Crippen molar-refractivity contribution in [3.05, 3.63) is 0 Å². The predicted molar refractivity (Wildman–Crippen MR) is 108 cm³/mol. The average Bonchev–Trinajstić information content (AvgIpc) is 2.98. The average molecular weight is 492 g/mol. The number of rotatable bonds is 6. The van der Waals surface area contributed by atoms with Gasteiger partial charge in [0, 0.05) is 52.5 Å². The van der Waals surface area contributed by atoms with Crippen molar-refractivity contribution < 1.29 is 17.9 Å². The second kappa shape index (κ2) is 11.5. The minimum Gasteiger partial charge on any atom is -0.381 e. The molecule has 1 atom stereocenters. The molecular formula is C17H32F3IN4O. The van der Waals surface area contributed by atoms with Crippen LogP contribution in [0.4, 0.5) is 13.2 Å². The fourth-order valence-electron chi connectivity index (χ4n) is 3.47. The number of nitrogens with one attached hydrogen (secondary N) is 1. The fraction of sp³-hybridized carbons (Fsp3) is 0.941. The summed E-state index contributed by atoms with van der Waals surface area (Å²) in [5.74, 6) is 1.49. The number of ether oxygens (including phenoxy) is 1. The molecule has 1 unspecified atom stereocenters. The topological polar surface area (TPSA) is 40.1 Å². The van der Waals surface area contributed by atoms with Crippen LogP contribution in [0, 0.1) is 5.92 Å². The van der Waals surface area contributed by atoms with Crippen molar-refractivity contribution in [2.24, 2.45) is 10.9 Å². The zero-order valence-corrected chi connectivity index (χ0v) is 18.1. The second-order valence-electron chi connectivity index (χ2n) is 7.04. The van der Waals surface area contributed by atoms with E-state index in [1.165, 1.54) is 4.90 Å². The Bertz CT molecular complexity index is 431. The summed E-state index contributed by atoms with van der Waals surface area (Å²) in [5, 5.41) is 3.36. The lowest BCUT2D eigenvalue weighted by molar-refractivity contribution is -0.143. The first kappa shape index (κ1) is 23.7. The molecule has 0 saturated carbocycles. The van der Waals surface area contributed by atoms with E-state index in [1.54, 1.807) is 0 Å². The van der Waals surface area contributed by atoms with E-state index in [4.69, 9.17) is 4.74 Å². The van der Waals surface area contributed by atoms with Gasteiger partial charge >= 0.3 is 6.18 Å². The molecule has 0 bridgehead atoms. The van der Waals surface area contributed by atoms with Crippen LogP contribution in [0.3, 0.4) is 0 Å². The van der Waals surface area contributed by atoms with E-state index in [-0.39, 0.29) is 30.0 Å². The summed E-state index contributed by atoms with van der Waals surface area (Å²) in [6.45, 7) is 5.28. The van der Waals surface area contributed by atoms with Crippen LogP contribution < -0.4 is 5.32 Å². The quantitative estimate of drug-likeness (QED) is 0.352. The molecule has 2 saturated heterocycles. The van der Waals surface area contributed by atoms with E-state index in [0.29, 0.717) is 32.0 Å².